The molecular formula is C32H32FNO. The van der Waals surface area contributed by atoms with E-state index in [1.165, 1.54) is 40.4 Å². The fraction of sp³-hybridized carbons (Fsp3) is 0.250. The molecule has 0 unspecified atom stereocenters. The number of aryl methyl sites for hydroxylation is 2. The van der Waals surface area contributed by atoms with Gasteiger partial charge in [0.15, 0.2) is 0 Å². The molecule has 1 heterocycles. The number of hydrogen-bond acceptors (Lipinski definition) is 2. The van der Waals surface area contributed by atoms with Crippen molar-refractivity contribution in [1.29, 1.82) is 0 Å². The molecule has 2 nitrogen and oxygen atoms in total. The second-order valence-electron chi connectivity index (χ2n) is 9.68. The minimum atomic E-state index is -0.236. The largest absolute Gasteiger partial charge is 0.497 e. The zero-order valence-corrected chi connectivity index (χ0v) is 20.7. The van der Waals surface area contributed by atoms with Crippen LogP contribution in [0.5, 0.6) is 5.75 Å². The third-order valence-corrected chi connectivity index (χ3v) is 7.22. The summed E-state index contributed by atoms with van der Waals surface area (Å²) in [4.78, 5) is 2.50. The van der Waals surface area contributed by atoms with E-state index >= 15 is 0 Å². The van der Waals surface area contributed by atoms with Gasteiger partial charge in [0.2, 0.25) is 0 Å². The van der Waals surface area contributed by atoms with Crippen LogP contribution in [0.2, 0.25) is 0 Å². The highest BCUT2D eigenvalue weighted by molar-refractivity contribution is 5.67. The van der Waals surface area contributed by atoms with Gasteiger partial charge in [-0.05, 0) is 84.8 Å². The summed E-state index contributed by atoms with van der Waals surface area (Å²) >= 11 is 0. The highest BCUT2D eigenvalue weighted by Crippen LogP contribution is 2.32. The van der Waals surface area contributed by atoms with E-state index in [2.05, 4.69) is 79.4 Å². The Bertz CT molecular complexity index is 1330. The van der Waals surface area contributed by atoms with E-state index in [1.807, 2.05) is 6.07 Å². The molecule has 35 heavy (non-hydrogen) atoms. The number of benzene rings is 4. The number of hydrogen-bond donors (Lipinski definition) is 0. The van der Waals surface area contributed by atoms with Gasteiger partial charge in [0.1, 0.15) is 11.6 Å². The lowest BCUT2D eigenvalue weighted by atomic mass is 9.95. The first-order chi connectivity index (χ1) is 17.0. The van der Waals surface area contributed by atoms with Gasteiger partial charge < -0.3 is 9.64 Å². The lowest BCUT2D eigenvalue weighted by Gasteiger charge is -2.19. The predicted octanol–water partition coefficient (Wildman–Crippen LogP) is 7.70. The molecule has 1 atom stereocenters. The first kappa shape index (κ1) is 23.2. The van der Waals surface area contributed by atoms with Gasteiger partial charge in [-0.15, -0.1) is 0 Å². The summed E-state index contributed by atoms with van der Waals surface area (Å²) < 4.78 is 19.7. The summed E-state index contributed by atoms with van der Waals surface area (Å²) in [7, 11) is 1.60. The molecule has 0 bridgehead atoms. The molecule has 1 aliphatic heterocycles. The zero-order valence-electron chi connectivity index (χ0n) is 20.7. The molecule has 1 saturated heterocycles. The summed E-state index contributed by atoms with van der Waals surface area (Å²) in [6, 6.07) is 29.0. The number of halogens is 1. The third kappa shape index (κ3) is 5.09. The summed E-state index contributed by atoms with van der Waals surface area (Å²) in [6.07, 6.45) is 2.06. The second kappa shape index (κ2) is 9.95. The number of nitrogens with zero attached hydrogens (tertiary/aromatic N) is 1. The van der Waals surface area contributed by atoms with Crippen LogP contribution in [0.1, 0.15) is 40.2 Å². The molecule has 0 aromatic heterocycles. The van der Waals surface area contributed by atoms with Crippen LogP contribution in [-0.2, 0) is 6.42 Å². The van der Waals surface area contributed by atoms with Crippen molar-refractivity contribution in [3.63, 3.8) is 0 Å². The SMILES string of the molecule is COc1ccc(F)c(-c2ccc(Cc3ccc(N4CC[C@@H](c5cccc(C)c5)C4)cc3)c(C)c2)c1. The van der Waals surface area contributed by atoms with E-state index in [9.17, 15) is 4.39 Å². The Morgan fingerprint density at radius 1 is 0.914 bits per heavy atom. The number of anilines is 1. The normalized spacial score (nSPS) is 15.4. The lowest BCUT2D eigenvalue weighted by molar-refractivity contribution is 0.414. The van der Waals surface area contributed by atoms with Crippen LogP contribution in [0.15, 0.2) is 84.9 Å². The van der Waals surface area contributed by atoms with E-state index in [4.69, 9.17) is 4.74 Å². The maximum absolute atomic E-state index is 14.4. The zero-order chi connectivity index (χ0) is 24.4. The van der Waals surface area contributed by atoms with Crippen molar-refractivity contribution in [3.05, 3.63) is 119 Å². The molecule has 0 radical (unpaired) electrons. The minimum absolute atomic E-state index is 0.236. The van der Waals surface area contributed by atoms with E-state index in [-0.39, 0.29) is 5.82 Å². The Morgan fingerprint density at radius 3 is 2.49 bits per heavy atom. The maximum Gasteiger partial charge on any atom is 0.131 e. The highest BCUT2D eigenvalue weighted by atomic mass is 19.1. The van der Waals surface area contributed by atoms with Crippen LogP contribution >= 0.6 is 0 Å². The van der Waals surface area contributed by atoms with Crippen molar-refractivity contribution in [2.45, 2.75) is 32.6 Å². The summed E-state index contributed by atoms with van der Waals surface area (Å²) in [5, 5.41) is 0. The summed E-state index contributed by atoms with van der Waals surface area (Å²) in [6.45, 7) is 6.44. The molecular weight excluding hydrogens is 433 g/mol. The molecule has 178 valence electrons. The van der Waals surface area contributed by atoms with E-state index in [0.29, 0.717) is 17.2 Å². The van der Waals surface area contributed by atoms with Crippen molar-refractivity contribution < 1.29 is 9.13 Å². The average molecular weight is 466 g/mol. The van der Waals surface area contributed by atoms with Crippen molar-refractivity contribution in [2.24, 2.45) is 0 Å². The second-order valence-corrected chi connectivity index (χ2v) is 9.68. The lowest BCUT2D eigenvalue weighted by Crippen LogP contribution is -2.19. The fourth-order valence-corrected chi connectivity index (χ4v) is 5.15. The van der Waals surface area contributed by atoms with Crippen LogP contribution in [0.3, 0.4) is 0 Å². The van der Waals surface area contributed by atoms with E-state index < -0.39 is 0 Å². The number of methoxy groups -OCH3 is 1. The highest BCUT2D eigenvalue weighted by Gasteiger charge is 2.24. The molecule has 5 rings (SSSR count). The molecule has 0 spiro atoms. The van der Waals surface area contributed by atoms with Gasteiger partial charge in [-0.1, -0.05) is 60.2 Å². The first-order valence-electron chi connectivity index (χ1n) is 12.3. The van der Waals surface area contributed by atoms with E-state index in [0.717, 1.165) is 30.6 Å². The maximum atomic E-state index is 14.4. The molecule has 0 saturated carbocycles. The van der Waals surface area contributed by atoms with E-state index in [1.54, 1.807) is 19.2 Å². The third-order valence-electron chi connectivity index (χ3n) is 7.22. The van der Waals surface area contributed by atoms with Crippen LogP contribution in [-0.4, -0.2) is 20.2 Å². The molecule has 3 heteroatoms. The first-order valence-corrected chi connectivity index (χ1v) is 12.3. The monoisotopic (exact) mass is 465 g/mol. The van der Waals surface area contributed by atoms with Gasteiger partial charge in [-0.3, -0.25) is 0 Å². The molecule has 1 aliphatic rings. The van der Waals surface area contributed by atoms with Gasteiger partial charge >= 0.3 is 0 Å². The molecule has 0 aliphatic carbocycles. The van der Waals surface area contributed by atoms with Crippen LogP contribution in [0, 0.1) is 19.7 Å². The average Bonchev–Trinajstić information content (AvgIpc) is 3.37. The van der Waals surface area contributed by atoms with Crippen LogP contribution in [0.4, 0.5) is 10.1 Å². The standard InChI is InChI=1S/C32H32FNO/c1-22-5-4-6-26(17-22)28-15-16-34(21-28)29-11-7-24(8-12-29)19-25-9-10-27(18-23(25)2)31-20-30(35-3)13-14-32(31)33/h4-14,17-18,20,28H,15-16,19,21H2,1-3H3/t28-/m1/s1. The molecule has 0 amide bonds. The summed E-state index contributed by atoms with van der Waals surface area (Å²) in [5.74, 6) is 1.02. The molecule has 4 aromatic carbocycles. The van der Waals surface area contributed by atoms with Crippen LogP contribution in [0.25, 0.3) is 11.1 Å². The van der Waals surface area contributed by atoms with Crippen molar-refractivity contribution in [3.8, 4) is 16.9 Å². The Labute approximate surface area is 208 Å². The van der Waals surface area contributed by atoms with Gasteiger partial charge in [-0.2, -0.15) is 0 Å². The molecule has 0 N–H and O–H groups in total. The predicted molar refractivity (Wildman–Crippen MR) is 143 cm³/mol. The van der Waals surface area contributed by atoms with Gasteiger partial charge in [0, 0.05) is 30.3 Å². The fourth-order valence-electron chi connectivity index (χ4n) is 5.15. The topological polar surface area (TPSA) is 12.5 Å². The Balaban J connectivity index is 1.27. The van der Waals surface area contributed by atoms with Crippen molar-refractivity contribution >= 4 is 5.69 Å². The number of rotatable bonds is 6. The summed E-state index contributed by atoms with van der Waals surface area (Å²) in [5.41, 5.74) is 9.23. The quantitative estimate of drug-likeness (QED) is 0.289. The van der Waals surface area contributed by atoms with Crippen LogP contribution < -0.4 is 9.64 Å². The Morgan fingerprint density at radius 2 is 1.74 bits per heavy atom. The smallest absolute Gasteiger partial charge is 0.131 e. The van der Waals surface area contributed by atoms with Gasteiger partial charge in [0.05, 0.1) is 7.11 Å². The number of ether oxygens (including phenoxy) is 1. The van der Waals surface area contributed by atoms with Gasteiger partial charge in [0.25, 0.3) is 0 Å². The van der Waals surface area contributed by atoms with Gasteiger partial charge in [-0.25, -0.2) is 4.39 Å². The molecule has 4 aromatic rings. The van der Waals surface area contributed by atoms with Crippen molar-refractivity contribution in [1.82, 2.24) is 0 Å². The van der Waals surface area contributed by atoms with Crippen molar-refractivity contribution in [2.75, 3.05) is 25.1 Å². The molecule has 1 fully saturated rings. The Hall–Kier alpha value is -3.59. The Kier molecular flexibility index (Phi) is 6.59. The minimum Gasteiger partial charge on any atom is -0.497 e.